The molecule has 21 heavy (non-hydrogen) atoms. The first-order valence-electron chi connectivity index (χ1n) is 6.55. The van der Waals surface area contributed by atoms with Gasteiger partial charge < -0.3 is 14.5 Å². The molecule has 0 saturated heterocycles. The van der Waals surface area contributed by atoms with Crippen LogP contribution in [0.5, 0.6) is 5.75 Å². The fourth-order valence-corrected chi connectivity index (χ4v) is 1.91. The van der Waals surface area contributed by atoms with Gasteiger partial charge in [-0.25, -0.2) is 4.79 Å². The molecule has 0 unspecified atom stereocenters. The minimum atomic E-state index is -0.424. The van der Waals surface area contributed by atoms with Gasteiger partial charge in [0, 0.05) is 12.6 Å². The fraction of sp³-hybridized carbons (Fsp3) is 0.250. The molecule has 5 heteroatoms. The van der Waals surface area contributed by atoms with Gasteiger partial charge in [0.2, 0.25) is 0 Å². The highest BCUT2D eigenvalue weighted by molar-refractivity contribution is 5.24. The van der Waals surface area contributed by atoms with Crippen LogP contribution >= 0.6 is 0 Å². The quantitative estimate of drug-likeness (QED) is 0.878. The van der Waals surface area contributed by atoms with Crippen molar-refractivity contribution >= 4 is 0 Å². The predicted octanol–water partition coefficient (Wildman–Crippen LogP) is 2.00. The number of hydrogen-bond acceptors (Lipinski definition) is 5. The number of ether oxygens (including phenoxy) is 1. The summed E-state index contributed by atoms with van der Waals surface area (Å²) in [6.45, 7) is 1.08. The van der Waals surface area contributed by atoms with Crippen molar-refractivity contribution in [1.82, 2.24) is 5.32 Å². The zero-order valence-electron chi connectivity index (χ0n) is 11.8. The molecule has 0 spiro atoms. The van der Waals surface area contributed by atoms with Gasteiger partial charge in [-0.15, -0.1) is 0 Å². The highest BCUT2D eigenvalue weighted by Crippen LogP contribution is 2.10. The number of hydrogen-bond donors (Lipinski definition) is 1. The third-order valence-corrected chi connectivity index (χ3v) is 2.97. The zero-order chi connectivity index (χ0) is 15.1. The number of nitrogens with zero attached hydrogens (tertiary/aromatic N) is 1. The van der Waals surface area contributed by atoms with Crippen molar-refractivity contribution < 1.29 is 9.15 Å². The first-order chi connectivity index (χ1) is 10.2. The van der Waals surface area contributed by atoms with E-state index in [1.54, 1.807) is 6.07 Å². The molecule has 108 valence electrons. The first kappa shape index (κ1) is 14.8. The lowest BCUT2D eigenvalue weighted by Gasteiger charge is -2.06. The molecule has 0 aliphatic rings. The number of benzene rings is 1. The second-order valence-electron chi connectivity index (χ2n) is 4.54. The van der Waals surface area contributed by atoms with Gasteiger partial charge in [-0.3, -0.25) is 0 Å². The largest absolute Gasteiger partial charge is 0.496 e. The molecule has 0 amide bonds. The highest BCUT2D eigenvalue weighted by Gasteiger charge is 2.02. The third-order valence-electron chi connectivity index (χ3n) is 2.97. The molecule has 1 aromatic heterocycles. The van der Waals surface area contributed by atoms with Crippen LogP contribution in [0.1, 0.15) is 16.9 Å². The monoisotopic (exact) mass is 284 g/mol. The molecule has 0 aliphatic carbocycles. The minimum Gasteiger partial charge on any atom is -0.496 e. The van der Waals surface area contributed by atoms with E-state index in [-0.39, 0.29) is 0 Å². The maximum Gasteiger partial charge on any atom is 0.339 e. The Kier molecular flexibility index (Phi) is 5.13. The lowest BCUT2D eigenvalue weighted by Crippen LogP contribution is -2.14. The topological polar surface area (TPSA) is 75.3 Å². The summed E-state index contributed by atoms with van der Waals surface area (Å²) in [6, 6.07) is 12.9. The smallest absolute Gasteiger partial charge is 0.339 e. The molecular formula is C16H16N2O3. The van der Waals surface area contributed by atoms with Crippen LogP contribution in [-0.2, 0) is 19.5 Å². The second kappa shape index (κ2) is 7.27. The molecule has 0 fully saturated rings. The molecule has 0 saturated carbocycles. The average Bonchev–Trinajstić information content (AvgIpc) is 2.49. The van der Waals surface area contributed by atoms with Crippen molar-refractivity contribution in [2.24, 2.45) is 0 Å². The molecule has 0 atom stereocenters. The Hall–Kier alpha value is -2.58. The van der Waals surface area contributed by atoms with Crippen molar-refractivity contribution in [2.75, 3.05) is 7.11 Å². The number of nitrogens with one attached hydrogen (secondary N) is 1. The lowest BCUT2D eigenvalue weighted by atomic mass is 10.1. The van der Waals surface area contributed by atoms with Crippen LogP contribution in [0, 0.1) is 11.3 Å². The van der Waals surface area contributed by atoms with Crippen LogP contribution in [0.2, 0.25) is 0 Å². The van der Waals surface area contributed by atoms with Gasteiger partial charge in [-0.05, 0) is 11.1 Å². The molecule has 5 nitrogen and oxygen atoms in total. The van der Waals surface area contributed by atoms with E-state index >= 15 is 0 Å². The Morgan fingerprint density at radius 3 is 2.57 bits per heavy atom. The molecule has 1 aromatic carbocycles. The molecule has 0 radical (unpaired) electrons. The molecule has 1 N–H and O–H groups in total. The summed E-state index contributed by atoms with van der Waals surface area (Å²) in [5, 5.41) is 11.8. The number of nitriles is 1. The Morgan fingerprint density at radius 2 is 1.90 bits per heavy atom. The van der Waals surface area contributed by atoms with E-state index in [1.165, 1.54) is 13.2 Å². The van der Waals surface area contributed by atoms with Gasteiger partial charge in [-0.2, -0.15) is 5.26 Å². The predicted molar refractivity (Wildman–Crippen MR) is 77.8 cm³/mol. The lowest BCUT2D eigenvalue weighted by molar-refractivity contribution is 0.387. The van der Waals surface area contributed by atoms with Crippen LogP contribution in [0.15, 0.2) is 45.6 Å². The van der Waals surface area contributed by atoms with E-state index in [0.29, 0.717) is 31.0 Å². The highest BCUT2D eigenvalue weighted by atomic mass is 16.5. The molecule has 2 rings (SSSR count). The minimum absolute atomic E-state index is 0.419. The number of methoxy groups -OCH3 is 1. The average molecular weight is 284 g/mol. The van der Waals surface area contributed by atoms with Crippen LogP contribution < -0.4 is 15.7 Å². The van der Waals surface area contributed by atoms with E-state index in [1.807, 2.05) is 24.3 Å². The third kappa shape index (κ3) is 4.48. The van der Waals surface area contributed by atoms with Crippen LogP contribution in [-0.4, -0.2) is 7.11 Å². The summed E-state index contributed by atoms with van der Waals surface area (Å²) in [7, 11) is 1.51. The van der Waals surface area contributed by atoms with Gasteiger partial charge in [0.1, 0.15) is 11.5 Å². The number of rotatable bonds is 6. The van der Waals surface area contributed by atoms with Gasteiger partial charge >= 0.3 is 5.63 Å². The fourth-order valence-electron chi connectivity index (χ4n) is 1.91. The van der Waals surface area contributed by atoms with Gasteiger partial charge in [-0.1, -0.05) is 24.3 Å². The Bertz CT molecular complexity index is 684. The van der Waals surface area contributed by atoms with E-state index < -0.39 is 5.63 Å². The van der Waals surface area contributed by atoms with E-state index in [4.69, 9.17) is 14.4 Å². The maximum atomic E-state index is 11.3. The van der Waals surface area contributed by atoms with Crippen LogP contribution in [0.25, 0.3) is 0 Å². The Labute approximate surface area is 122 Å². The summed E-state index contributed by atoms with van der Waals surface area (Å²) in [6.07, 6.45) is 0.419. The molecule has 0 aliphatic heterocycles. The standard InChI is InChI=1S/C16H16N2O3/c1-20-14-8-15(21-16(19)9-14)11-18-10-13-4-2-12(3-5-13)6-7-17/h2-5,8-9,18H,6,10-11H2,1H3. The van der Waals surface area contributed by atoms with Crippen molar-refractivity contribution in [3.8, 4) is 11.8 Å². The molecular weight excluding hydrogens is 268 g/mol. The second-order valence-corrected chi connectivity index (χ2v) is 4.54. The van der Waals surface area contributed by atoms with E-state index in [9.17, 15) is 4.79 Å². The SMILES string of the molecule is COc1cc(CNCc2ccc(CC#N)cc2)oc(=O)c1. The summed E-state index contributed by atoms with van der Waals surface area (Å²) >= 11 is 0. The summed E-state index contributed by atoms with van der Waals surface area (Å²) in [5.74, 6) is 1.02. The normalized spacial score (nSPS) is 10.1. The van der Waals surface area contributed by atoms with Crippen molar-refractivity contribution in [3.05, 3.63) is 63.7 Å². The van der Waals surface area contributed by atoms with Crippen molar-refractivity contribution in [3.63, 3.8) is 0 Å². The zero-order valence-corrected chi connectivity index (χ0v) is 11.8. The van der Waals surface area contributed by atoms with Crippen LogP contribution in [0.3, 0.4) is 0 Å². The van der Waals surface area contributed by atoms with Crippen LogP contribution in [0.4, 0.5) is 0 Å². The van der Waals surface area contributed by atoms with Gasteiger partial charge in [0.05, 0.1) is 32.2 Å². The Morgan fingerprint density at radius 1 is 1.19 bits per heavy atom. The van der Waals surface area contributed by atoms with Gasteiger partial charge in [0.25, 0.3) is 0 Å². The van der Waals surface area contributed by atoms with E-state index in [0.717, 1.165) is 11.1 Å². The van der Waals surface area contributed by atoms with Gasteiger partial charge in [0.15, 0.2) is 0 Å². The van der Waals surface area contributed by atoms with Crippen molar-refractivity contribution in [2.45, 2.75) is 19.5 Å². The van der Waals surface area contributed by atoms with E-state index in [2.05, 4.69) is 11.4 Å². The maximum absolute atomic E-state index is 11.3. The molecule has 1 heterocycles. The summed E-state index contributed by atoms with van der Waals surface area (Å²) < 4.78 is 10.1. The summed E-state index contributed by atoms with van der Waals surface area (Å²) in [5.41, 5.74) is 1.67. The molecule has 0 bridgehead atoms. The first-order valence-corrected chi connectivity index (χ1v) is 6.55. The molecule has 2 aromatic rings. The Balaban J connectivity index is 1.91. The van der Waals surface area contributed by atoms with Crippen molar-refractivity contribution in [1.29, 1.82) is 5.26 Å². The summed E-state index contributed by atoms with van der Waals surface area (Å²) in [4.78, 5) is 11.3.